The Kier molecular flexibility index (Phi) is 10.1. The summed E-state index contributed by atoms with van der Waals surface area (Å²) >= 11 is 1.38. The molecular weight excluding hydrogens is 524 g/mol. The minimum atomic E-state index is -1.09. The van der Waals surface area contributed by atoms with Crippen LogP contribution in [0.3, 0.4) is 0 Å². The van der Waals surface area contributed by atoms with Crippen molar-refractivity contribution in [3.63, 3.8) is 0 Å². The minimum Gasteiger partial charge on any atom is -0.378 e. The fraction of sp³-hybridized carbons (Fsp3) is 0.192. The van der Waals surface area contributed by atoms with Gasteiger partial charge in [-0.15, -0.1) is 0 Å². The van der Waals surface area contributed by atoms with E-state index in [2.05, 4.69) is 15.8 Å². The van der Waals surface area contributed by atoms with Crippen molar-refractivity contribution in [2.45, 2.75) is 11.8 Å². The molecule has 3 rings (SSSR count). The number of benzene rings is 3. The molecule has 0 heterocycles. The zero-order chi connectivity index (χ0) is 28.4. The normalized spacial score (nSPS) is 11.5. The summed E-state index contributed by atoms with van der Waals surface area (Å²) in [4.78, 5) is 48.6. The van der Waals surface area contributed by atoms with Gasteiger partial charge in [0.1, 0.15) is 6.04 Å². The Labute approximate surface area is 228 Å². The van der Waals surface area contributed by atoms with E-state index in [0.717, 1.165) is 35.0 Å². The van der Waals surface area contributed by atoms with Crippen molar-refractivity contribution in [3.8, 4) is 0 Å². The molecule has 0 aliphatic rings. The Bertz CT molecular complexity index is 1330. The lowest BCUT2D eigenvalue weighted by Crippen LogP contribution is -2.47. The Morgan fingerprint density at radius 2 is 1.59 bits per heavy atom. The zero-order valence-electron chi connectivity index (χ0n) is 21.1. The molecule has 0 aromatic heterocycles. The lowest BCUT2D eigenvalue weighted by molar-refractivity contribution is -0.394. The highest BCUT2D eigenvalue weighted by Crippen LogP contribution is 2.23. The van der Waals surface area contributed by atoms with Crippen molar-refractivity contribution >= 4 is 46.9 Å². The van der Waals surface area contributed by atoms with Gasteiger partial charge in [-0.1, -0.05) is 42.5 Å². The van der Waals surface area contributed by atoms with Crippen molar-refractivity contribution in [2.24, 2.45) is 5.10 Å². The maximum Gasteiger partial charge on any atom is 0.277 e. The number of carbonyl (C=O) groups is 2. The monoisotopic (exact) mass is 550 g/mol. The average Bonchev–Trinajstić information content (AvgIpc) is 2.92. The molecule has 0 fully saturated rings. The quantitative estimate of drug-likeness (QED) is 0.196. The van der Waals surface area contributed by atoms with Gasteiger partial charge in [-0.2, -0.15) is 16.9 Å². The first-order valence-corrected chi connectivity index (χ1v) is 12.8. The first-order valence-electron chi connectivity index (χ1n) is 11.6. The summed E-state index contributed by atoms with van der Waals surface area (Å²) in [5.41, 5.74) is 3.62. The first-order chi connectivity index (χ1) is 18.6. The standard InChI is InChI=1S/C26H26N6O6S/c1-30(2)21-10-8-18(9-11-21)15-27-29-26(34)24(17-39-16-19-6-4-3-5-7-19)28-25(33)20-12-22(31(35)36)14-23(13-20)32(37)38/h3-15,24H,16-17H2,1-2H3,(H,28,33)(H,29,34)/b27-15+. The number of nitrogens with one attached hydrogen (secondary N) is 2. The Morgan fingerprint density at radius 1 is 0.974 bits per heavy atom. The predicted molar refractivity (Wildman–Crippen MR) is 150 cm³/mol. The van der Waals surface area contributed by atoms with Crippen LogP contribution in [0.25, 0.3) is 0 Å². The number of hydrogen-bond donors (Lipinski definition) is 2. The molecule has 202 valence electrons. The van der Waals surface area contributed by atoms with Gasteiger partial charge in [0, 0.05) is 43.4 Å². The number of non-ortho nitro benzene ring substituents is 2. The molecule has 0 aliphatic carbocycles. The molecule has 0 radical (unpaired) electrons. The van der Waals surface area contributed by atoms with Crippen LogP contribution in [-0.2, 0) is 10.5 Å². The summed E-state index contributed by atoms with van der Waals surface area (Å²) in [6.07, 6.45) is 1.46. The molecule has 0 bridgehead atoms. The van der Waals surface area contributed by atoms with E-state index in [4.69, 9.17) is 0 Å². The van der Waals surface area contributed by atoms with Crippen LogP contribution in [0.2, 0.25) is 0 Å². The second-order valence-corrected chi connectivity index (χ2v) is 9.53. The number of nitro benzene ring substituents is 2. The first kappa shape index (κ1) is 28.8. The highest BCUT2D eigenvalue weighted by Gasteiger charge is 2.25. The van der Waals surface area contributed by atoms with Crippen LogP contribution in [-0.4, -0.2) is 53.8 Å². The molecule has 2 N–H and O–H groups in total. The summed E-state index contributed by atoms with van der Waals surface area (Å²) < 4.78 is 0. The van der Waals surface area contributed by atoms with Crippen LogP contribution in [0, 0.1) is 20.2 Å². The van der Waals surface area contributed by atoms with Crippen LogP contribution < -0.4 is 15.6 Å². The summed E-state index contributed by atoms with van der Waals surface area (Å²) in [6, 6.07) is 18.5. The van der Waals surface area contributed by atoms with E-state index in [1.165, 1.54) is 18.0 Å². The summed E-state index contributed by atoms with van der Waals surface area (Å²) in [7, 11) is 3.83. The summed E-state index contributed by atoms with van der Waals surface area (Å²) in [5, 5.41) is 28.9. The smallest absolute Gasteiger partial charge is 0.277 e. The third-order valence-corrected chi connectivity index (χ3v) is 6.51. The molecule has 12 nitrogen and oxygen atoms in total. The SMILES string of the molecule is CN(C)c1ccc(/C=N/NC(=O)C(CSCc2ccccc2)NC(=O)c2cc([N+](=O)[O-])cc([N+](=O)[O-])c2)cc1. The van der Waals surface area contributed by atoms with Gasteiger partial charge in [-0.3, -0.25) is 29.8 Å². The molecule has 3 aromatic rings. The fourth-order valence-corrected chi connectivity index (χ4v) is 4.35. The topological polar surface area (TPSA) is 160 Å². The Hall–Kier alpha value is -4.78. The van der Waals surface area contributed by atoms with E-state index in [0.29, 0.717) is 5.75 Å². The second-order valence-electron chi connectivity index (χ2n) is 8.50. The largest absolute Gasteiger partial charge is 0.378 e. The number of hydrazone groups is 1. The van der Waals surface area contributed by atoms with Crippen molar-refractivity contribution < 1.29 is 19.4 Å². The number of anilines is 1. The molecule has 39 heavy (non-hydrogen) atoms. The molecule has 1 atom stereocenters. The average molecular weight is 551 g/mol. The van der Waals surface area contributed by atoms with Crippen LogP contribution in [0.1, 0.15) is 21.5 Å². The summed E-state index contributed by atoms with van der Waals surface area (Å²) in [6.45, 7) is 0. The van der Waals surface area contributed by atoms with Gasteiger partial charge in [0.05, 0.1) is 27.7 Å². The number of nitrogens with zero attached hydrogens (tertiary/aromatic N) is 4. The van der Waals surface area contributed by atoms with Crippen molar-refractivity contribution in [1.29, 1.82) is 0 Å². The van der Waals surface area contributed by atoms with Gasteiger partial charge in [0.25, 0.3) is 23.2 Å². The van der Waals surface area contributed by atoms with Crippen LogP contribution in [0.4, 0.5) is 17.1 Å². The molecular formula is C26H26N6O6S. The van der Waals surface area contributed by atoms with Gasteiger partial charge in [0.15, 0.2) is 0 Å². The van der Waals surface area contributed by atoms with Crippen LogP contribution in [0.15, 0.2) is 77.9 Å². The third-order valence-electron chi connectivity index (χ3n) is 5.40. The lowest BCUT2D eigenvalue weighted by Gasteiger charge is -2.17. The fourth-order valence-electron chi connectivity index (χ4n) is 3.34. The molecule has 2 amide bonds. The number of amides is 2. The summed E-state index contributed by atoms with van der Waals surface area (Å²) in [5.74, 6) is -0.781. The van der Waals surface area contributed by atoms with Gasteiger partial charge < -0.3 is 10.2 Å². The third kappa shape index (κ3) is 8.64. The predicted octanol–water partition coefficient (Wildman–Crippen LogP) is 3.75. The van der Waals surface area contributed by atoms with Crippen molar-refractivity contribution in [1.82, 2.24) is 10.7 Å². The van der Waals surface area contributed by atoms with E-state index in [-0.39, 0.29) is 11.3 Å². The van der Waals surface area contributed by atoms with Gasteiger partial charge in [-0.05, 0) is 23.3 Å². The van der Waals surface area contributed by atoms with E-state index in [9.17, 15) is 29.8 Å². The molecule has 0 saturated heterocycles. The molecule has 3 aromatic carbocycles. The maximum absolute atomic E-state index is 13.0. The highest BCUT2D eigenvalue weighted by molar-refractivity contribution is 7.98. The zero-order valence-corrected chi connectivity index (χ0v) is 22.0. The van der Waals surface area contributed by atoms with E-state index in [1.54, 1.807) is 0 Å². The van der Waals surface area contributed by atoms with E-state index < -0.39 is 39.1 Å². The molecule has 0 saturated carbocycles. The van der Waals surface area contributed by atoms with Gasteiger partial charge in [-0.25, -0.2) is 5.43 Å². The van der Waals surface area contributed by atoms with Gasteiger partial charge in [0.2, 0.25) is 0 Å². The number of hydrogen-bond acceptors (Lipinski definition) is 9. The number of carbonyl (C=O) groups excluding carboxylic acids is 2. The molecule has 1 unspecified atom stereocenters. The maximum atomic E-state index is 13.0. The minimum absolute atomic E-state index is 0.149. The number of nitro groups is 2. The highest BCUT2D eigenvalue weighted by atomic mass is 32.2. The Balaban J connectivity index is 1.75. The van der Waals surface area contributed by atoms with Crippen molar-refractivity contribution in [3.05, 3.63) is 110 Å². The van der Waals surface area contributed by atoms with E-state index in [1.807, 2.05) is 73.6 Å². The lowest BCUT2D eigenvalue weighted by atomic mass is 10.1. The molecule has 0 aliphatic heterocycles. The van der Waals surface area contributed by atoms with Gasteiger partial charge >= 0.3 is 0 Å². The number of rotatable bonds is 12. The van der Waals surface area contributed by atoms with Crippen LogP contribution in [0.5, 0.6) is 0 Å². The molecule has 0 spiro atoms. The van der Waals surface area contributed by atoms with Crippen LogP contribution >= 0.6 is 11.8 Å². The number of thioether (sulfide) groups is 1. The van der Waals surface area contributed by atoms with Crippen molar-refractivity contribution in [2.75, 3.05) is 24.7 Å². The second kappa shape index (κ2) is 13.7. The molecule has 13 heteroatoms. The van der Waals surface area contributed by atoms with E-state index >= 15 is 0 Å². The Morgan fingerprint density at radius 3 is 2.15 bits per heavy atom.